The minimum Gasteiger partial charge on any atom is -0.369 e. The van der Waals surface area contributed by atoms with E-state index >= 15 is 0 Å². The summed E-state index contributed by atoms with van der Waals surface area (Å²) in [6.07, 6.45) is 14.7. The number of nitrogens with zero attached hydrogens (tertiary/aromatic N) is 1. The fourth-order valence-corrected chi connectivity index (χ4v) is 10.2. The summed E-state index contributed by atoms with van der Waals surface area (Å²) in [6, 6.07) is 0.567. The molecule has 1 spiro atoms. The number of allylic oxidation sites excluding steroid dienone is 2. The summed E-state index contributed by atoms with van der Waals surface area (Å²) < 4.78 is 7.06. The van der Waals surface area contributed by atoms with Crippen molar-refractivity contribution >= 4 is 5.71 Å². The van der Waals surface area contributed by atoms with Crippen LogP contribution in [0.2, 0.25) is 0 Å². The number of ether oxygens (including phenoxy) is 1. The molecule has 0 bridgehead atoms. The van der Waals surface area contributed by atoms with E-state index in [-0.39, 0.29) is 5.60 Å². The highest BCUT2D eigenvalue weighted by Crippen LogP contribution is 2.65. The maximum Gasteiger partial charge on any atom is 0.0765 e. The molecule has 180 valence electrons. The quantitative estimate of drug-likeness (QED) is 0.454. The van der Waals surface area contributed by atoms with E-state index in [1.165, 1.54) is 70.0 Å². The second kappa shape index (κ2) is 7.29. The molecule has 3 saturated carbocycles. The van der Waals surface area contributed by atoms with Crippen molar-refractivity contribution in [3.63, 3.8) is 0 Å². The summed E-state index contributed by atoms with van der Waals surface area (Å²) in [5.41, 5.74) is 7.23. The largest absolute Gasteiger partial charge is 0.369 e. The van der Waals surface area contributed by atoms with E-state index in [0.29, 0.717) is 23.5 Å². The Kier molecular flexibility index (Phi) is 4.72. The number of rotatable bonds is 0. The van der Waals surface area contributed by atoms with E-state index < -0.39 is 0 Å². The van der Waals surface area contributed by atoms with Gasteiger partial charge in [-0.05, 0) is 112 Å². The van der Waals surface area contributed by atoms with Gasteiger partial charge in [0.25, 0.3) is 0 Å². The molecule has 5 fully saturated rings. The maximum atomic E-state index is 7.06. The molecule has 4 aliphatic carbocycles. The van der Waals surface area contributed by atoms with Crippen molar-refractivity contribution in [2.24, 2.45) is 45.9 Å². The van der Waals surface area contributed by atoms with Crippen molar-refractivity contribution < 1.29 is 4.74 Å². The summed E-state index contributed by atoms with van der Waals surface area (Å²) >= 11 is 0. The van der Waals surface area contributed by atoms with E-state index in [9.17, 15) is 0 Å². The highest BCUT2D eigenvalue weighted by atomic mass is 16.5. The molecule has 10 atom stereocenters. The summed E-state index contributed by atoms with van der Waals surface area (Å²) in [7, 11) is 0. The molecule has 7 aliphatic rings. The number of hydrogen-bond acceptors (Lipinski definition) is 3. The summed E-state index contributed by atoms with van der Waals surface area (Å²) in [5, 5.41) is 3.88. The zero-order chi connectivity index (χ0) is 22.5. The molecular weight excluding hydrogens is 404 g/mol. The molecule has 33 heavy (non-hydrogen) atoms. The van der Waals surface area contributed by atoms with Crippen molar-refractivity contribution in [2.75, 3.05) is 13.1 Å². The Labute approximate surface area is 200 Å². The van der Waals surface area contributed by atoms with Crippen molar-refractivity contribution in [1.82, 2.24) is 5.32 Å². The predicted molar refractivity (Wildman–Crippen MR) is 134 cm³/mol. The van der Waals surface area contributed by atoms with Gasteiger partial charge in [0.2, 0.25) is 0 Å². The first-order chi connectivity index (χ1) is 15.9. The molecule has 3 aliphatic heterocycles. The van der Waals surface area contributed by atoms with Crippen molar-refractivity contribution in [2.45, 2.75) is 103 Å². The SMILES string of the molecule is CC1=C2C[C@H]3[C@@H](CC[C@@H]4CC5=NCC=C5C[C@@]43C)[C@@H]2CC[C@@]2(C1)O[C@@H]1C[C@H](C)CN[C@H]1[C@H]2C. The standard InChI is InChI=1S/C30H44N2O/c1-17-11-27-28(32-16-17)19(3)30(33-27)9-7-22-23-6-5-21-12-26-20(8-10-31-26)15-29(21,4)25(23)13-24(22)18(2)14-30/h8,17,19,21-23,25,27-28,32H,5-7,9-16H2,1-4H3/t17-,19+,21+,22-,23-,25-,27+,28-,29-,30-/m0/s1. The minimum absolute atomic E-state index is 0.0787. The maximum absolute atomic E-state index is 7.06. The molecule has 7 rings (SSSR count). The van der Waals surface area contributed by atoms with Crippen molar-refractivity contribution in [3.05, 3.63) is 22.8 Å². The van der Waals surface area contributed by atoms with Gasteiger partial charge in [0.15, 0.2) is 0 Å². The molecule has 1 N–H and O–H groups in total. The van der Waals surface area contributed by atoms with Crippen LogP contribution in [0.4, 0.5) is 0 Å². The second-order valence-corrected chi connectivity index (χ2v) is 13.6. The van der Waals surface area contributed by atoms with E-state index in [4.69, 9.17) is 9.73 Å². The third-order valence-corrected chi connectivity index (χ3v) is 12.0. The summed E-state index contributed by atoms with van der Waals surface area (Å²) in [4.78, 5) is 4.84. The third-order valence-electron chi connectivity index (χ3n) is 12.0. The Morgan fingerprint density at radius 3 is 2.88 bits per heavy atom. The Bertz CT molecular complexity index is 947. The molecule has 0 aromatic heterocycles. The molecule has 0 unspecified atom stereocenters. The monoisotopic (exact) mass is 448 g/mol. The lowest BCUT2D eigenvalue weighted by atomic mass is 9.51. The lowest BCUT2D eigenvalue weighted by Gasteiger charge is -2.53. The van der Waals surface area contributed by atoms with Crippen molar-refractivity contribution in [1.29, 1.82) is 0 Å². The lowest BCUT2D eigenvalue weighted by molar-refractivity contribution is -0.0731. The van der Waals surface area contributed by atoms with Crippen molar-refractivity contribution in [3.8, 4) is 0 Å². The average Bonchev–Trinajstić information content (AvgIpc) is 3.43. The summed E-state index contributed by atoms with van der Waals surface area (Å²) in [6.45, 7) is 12.2. The second-order valence-electron chi connectivity index (χ2n) is 13.6. The highest BCUT2D eigenvalue weighted by molar-refractivity contribution is 6.02. The molecule has 0 amide bonds. The zero-order valence-electron chi connectivity index (χ0n) is 21.3. The van der Waals surface area contributed by atoms with Gasteiger partial charge in [-0.2, -0.15) is 0 Å². The molecule has 3 heteroatoms. The van der Waals surface area contributed by atoms with Gasteiger partial charge >= 0.3 is 0 Å². The first kappa shape index (κ1) is 21.4. The topological polar surface area (TPSA) is 33.6 Å². The number of piperidine rings is 1. The van der Waals surface area contributed by atoms with Crippen LogP contribution in [0.1, 0.15) is 85.5 Å². The molecular formula is C30H44N2O. The first-order valence-corrected chi connectivity index (χ1v) is 14.2. The van der Waals surface area contributed by atoms with Gasteiger partial charge in [-0.3, -0.25) is 4.99 Å². The van der Waals surface area contributed by atoms with Gasteiger partial charge in [-0.25, -0.2) is 0 Å². The Hall–Kier alpha value is -0.930. The number of fused-ring (bicyclic) bond motifs is 7. The number of nitrogens with one attached hydrogen (secondary N) is 1. The van der Waals surface area contributed by atoms with E-state index in [1.54, 1.807) is 11.1 Å². The Morgan fingerprint density at radius 1 is 1.12 bits per heavy atom. The molecule has 3 nitrogen and oxygen atoms in total. The van der Waals surface area contributed by atoms with Crippen LogP contribution in [0.3, 0.4) is 0 Å². The van der Waals surface area contributed by atoms with Gasteiger partial charge in [0.05, 0.1) is 18.2 Å². The lowest BCUT2D eigenvalue weighted by Crippen LogP contribution is -2.48. The van der Waals surface area contributed by atoms with Gasteiger partial charge < -0.3 is 10.1 Å². The predicted octanol–water partition coefficient (Wildman–Crippen LogP) is 6.10. The molecule has 0 radical (unpaired) electrons. The fourth-order valence-electron chi connectivity index (χ4n) is 10.2. The molecule has 2 saturated heterocycles. The van der Waals surface area contributed by atoms with Crippen LogP contribution in [-0.4, -0.2) is 36.5 Å². The van der Waals surface area contributed by atoms with Crippen LogP contribution in [0.25, 0.3) is 0 Å². The van der Waals surface area contributed by atoms with E-state index in [1.807, 2.05) is 5.57 Å². The van der Waals surface area contributed by atoms with Crippen LogP contribution in [0.15, 0.2) is 27.8 Å². The Morgan fingerprint density at radius 2 is 2.00 bits per heavy atom. The van der Waals surface area contributed by atoms with Gasteiger partial charge in [-0.1, -0.05) is 38.0 Å². The normalized spacial score (nSPS) is 53.0. The third kappa shape index (κ3) is 2.97. The Balaban J connectivity index is 1.18. The molecule has 0 aromatic rings. The van der Waals surface area contributed by atoms with E-state index in [2.05, 4.69) is 39.1 Å². The van der Waals surface area contributed by atoms with Crippen LogP contribution < -0.4 is 5.32 Å². The van der Waals surface area contributed by atoms with Gasteiger partial charge in [0.1, 0.15) is 0 Å². The molecule has 3 heterocycles. The van der Waals surface area contributed by atoms with Crippen LogP contribution in [0.5, 0.6) is 0 Å². The smallest absolute Gasteiger partial charge is 0.0765 e. The molecule has 0 aromatic carbocycles. The van der Waals surface area contributed by atoms with Gasteiger partial charge in [-0.15, -0.1) is 0 Å². The zero-order valence-corrected chi connectivity index (χ0v) is 21.3. The van der Waals surface area contributed by atoms with Crippen LogP contribution >= 0.6 is 0 Å². The number of aliphatic imine (C=N–C) groups is 1. The first-order valence-electron chi connectivity index (χ1n) is 14.2. The summed E-state index contributed by atoms with van der Waals surface area (Å²) in [5.74, 6) is 4.84. The fraction of sp³-hybridized carbons (Fsp3) is 0.833. The van der Waals surface area contributed by atoms with Gasteiger partial charge in [0, 0.05) is 17.7 Å². The average molecular weight is 449 g/mol. The van der Waals surface area contributed by atoms with E-state index in [0.717, 1.165) is 36.1 Å². The number of hydrogen-bond donors (Lipinski definition) is 1. The highest BCUT2D eigenvalue weighted by Gasteiger charge is 2.59. The minimum atomic E-state index is 0.0787. The van der Waals surface area contributed by atoms with Crippen LogP contribution in [-0.2, 0) is 4.74 Å². The van der Waals surface area contributed by atoms with Crippen LogP contribution in [0, 0.1) is 40.9 Å².